The highest BCUT2D eigenvalue weighted by atomic mass is 35.5. The van der Waals surface area contributed by atoms with Crippen LogP contribution in [-0.2, 0) is 6.54 Å². The number of nitrogens with zero attached hydrogens (tertiary/aromatic N) is 3. The molecule has 0 bridgehead atoms. The Hall–Kier alpha value is -0.580. The van der Waals surface area contributed by atoms with E-state index in [1.165, 1.54) is 0 Å². The predicted molar refractivity (Wildman–Crippen MR) is 76.8 cm³/mol. The first kappa shape index (κ1) is 15.5. The normalized spacial score (nSPS) is 14.2. The molecule has 0 saturated carbocycles. The van der Waals surface area contributed by atoms with Crippen molar-refractivity contribution in [2.75, 3.05) is 20.6 Å². The maximum atomic E-state index is 6.27. The van der Waals surface area contributed by atoms with Crippen molar-refractivity contribution in [3.63, 3.8) is 0 Å². The summed E-state index contributed by atoms with van der Waals surface area (Å²) in [5, 5.41) is 4.99. The summed E-state index contributed by atoms with van der Waals surface area (Å²) >= 11 is 6.21. The van der Waals surface area contributed by atoms with Gasteiger partial charge in [0, 0.05) is 12.6 Å². The van der Waals surface area contributed by atoms with Crippen LogP contribution in [-0.4, -0.2) is 35.3 Å². The summed E-state index contributed by atoms with van der Waals surface area (Å²) < 4.78 is 1.93. The molecule has 0 aromatic carbocycles. The Morgan fingerprint density at radius 3 is 2.56 bits per heavy atom. The Morgan fingerprint density at radius 1 is 1.44 bits per heavy atom. The number of nitrogens with two attached hydrogens (primary N) is 1. The van der Waals surface area contributed by atoms with Crippen molar-refractivity contribution in [1.29, 1.82) is 0 Å². The Morgan fingerprint density at radius 2 is 2.06 bits per heavy atom. The first-order chi connectivity index (χ1) is 8.20. The summed E-state index contributed by atoms with van der Waals surface area (Å²) in [6.07, 6.45) is 2.58. The second-order valence-electron chi connectivity index (χ2n) is 6.28. The van der Waals surface area contributed by atoms with Gasteiger partial charge in [-0.15, -0.1) is 0 Å². The monoisotopic (exact) mass is 272 g/mol. The standard InChI is InChI=1S/C13H25ClN4/c1-13(2,3)8-11(15)12-10(14)9-16-18(12)7-6-17(4)5/h9,11H,6-8,15H2,1-5H3. The third-order valence-electron chi connectivity index (χ3n) is 2.78. The molecule has 1 heterocycles. The number of likely N-dealkylation sites (N-methyl/N-ethyl adjacent to an activating group) is 1. The van der Waals surface area contributed by atoms with Crippen LogP contribution in [0.2, 0.25) is 5.02 Å². The zero-order valence-electron chi connectivity index (χ0n) is 12.1. The van der Waals surface area contributed by atoms with Crippen LogP contribution in [0.4, 0.5) is 0 Å². The van der Waals surface area contributed by atoms with E-state index in [4.69, 9.17) is 17.3 Å². The van der Waals surface area contributed by atoms with Crippen LogP contribution in [0.15, 0.2) is 6.20 Å². The van der Waals surface area contributed by atoms with Gasteiger partial charge in [-0.25, -0.2) is 0 Å². The molecule has 0 saturated heterocycles. The molecule has 2 N–H and O–H groups in total. The van der Waals surface area contributed by atoms with Crippen LogP contribution < -0.4 is 5.73 Å². The summed E-state index contributed by atoms with van der Waals surface area (Å²) in [6, 6.07) is -0.0674. The maximum Gasteiger partial charge on any atom is 0.0834 e. The van der Waals surface area contributed by atoms with Gasteiger partial charge in [0.25, 0.3) is 0 Å². The molecule has 0 aliphatic carbocycles. The first-order valence-corrected chi connectivity index (χ1v) is 6.70. The highest BCUT2D eigenvalue weighted by molar-refractivity contribution is 6.31. The minimum absolute atomic E-state index is 0.0674. The van der Waals surface area contributed by atoms with Crippen LogP contribution in [0.1, 0.15) is 38.9 Å². The topological polar surface area (TPSA) is 47.1 Å². The van der Waals surface area contributed by atoms with E-state index < -0.39 is 0 Å². The molecular weight excluding hydrogens is 248 g/mol. The van der Waals surface area contributed by atoms with Gasteiger partial charge < -0.3 is 10.6 Å². The number of hydrogen-bond donors (Lipinski definition) is 1. The fraction of sp³-hybridized carbons (Fsp3) is 0.769. The summed E-state index contributed by atoms with van der Waals surface area (Å²) in [6.45, 7) is 8.28. The molecule has 1 rings (SSSR count). The third kappa shape index (κ3) is 4.59. The Kier molecular flexibility index (Phi) is 5.20. The lowest BCUT2D eigenvalue weighted by Crippen LogP contribution is -2.25. The van der Waals surface area contributed by atoms with E-state index in [0.717, 1.165) is 25.2 Å². The molecule has 104 valence electrons. The molecule has 1 atom stereocenters. The highest BCUT2D eigenvalue weighted by Gasteiger charge is 2.22. The van der Waals surface area contributed by atoms with E-state index in [1.807, 2.05) is 18.8 Å². The average Bonchev–Trinajstić information content (AvgIpc) is 2.53. The predicted octanol–water partition coefficient (Wildman–Crippen LogP) is 2.53. The zero-order chi connectivity index (χ0) is 13.9. The van der Waals surface area contributed by atoms with E-state index >= 15 is 0 Å². The Balaban J connectivity index is 2.83. The molecule has 0 amide bonds. The van der Waals surface area contributed by atoms with Gasteiger partial charge in [-0.05, 0) is 25.9 Å². The van der Waals surface area contributed by atoms with Crippen molar-refractivity contribution in [2.24, 2.45) is 11.1 Å². The van der Waals surface area contributed by atoms with Crippen molar-refractivity contribution >= 4 is 11.6 Å². The third-order valence-corrected chi connectivity index (χ3v) is 3.07. The van der Waals surface area contributed by atoms with Crippen molar-refractivity contribution in [1.82, 2.24) is 14.7 Å². The van der Waals surface area contributed by atoms with Gasteiger partial charge >= 0.3 is 0 Å². The van der Waals surface area contributed by atoms with Crippen molar-refractivity contribution in [3.8, 4) is 0 Å². The molecule has 5 heteroatoms. The van der Waals surface area contributed by atoms with Gasteiger partial charge in [0.05, 0.1) is 23.5 Å². The minimum Gasteiger partial charge on any atom is -0.323 e. The average molecular weight is 273 g/mol. The molecule has 0 radical (unpaired) electrons. The summed E-state index contributed by atoms with van der Waals surface area (Å²) in [7, 11) is 4.08. The van der Waals surface area contributed by atoms with Gasteiger partial charge in [0.2, 0.25) is 0 Å². The number of aromatic nitrogens is 2. The molecule has 4 nitrogen and oxygen atoms in total. The summed E-state index contributed by atoms with van der Waals surface area (Å²) in [5.41, 5.74) is 7.41. The number of hydrogen-bond acceptors (Lipinski definition) is 3. The van der Waals surface area contributed by atoms with Crippen LogP contribution in [0, 0.1) is 5.41 Å². The maximum absolute atomic E-state index is 6.27. The van der Waals surface area contributed by atoms with E-state index in [-0.39, 0.29) is 11.5 Å². The molecule has 0 aliphatic rings. The number of rotatable bonds is 5. The summed E-state index contributed by atoms with van der Waals surface area (Å²) in [4.78, 5) is 2.12. The van der Waals surface area contributed by atoms with Gasteiger partial charge in [-0.1, -0.05) is 32.4 Å². The minimum atomic E-state index is -0.0674. The molecule has 18 heavy (non-hydrogen) atoms. The lowest BCUT2D eigenvalue weighted by Gasteiger charge is -2.24. The molecular formula is C13H25ClN4. The van der Waals surface area contributed by atoms with E-state index in [1.54, 1.807) is 6.20 Å². The molecule has 1 aromatic rings. The zero-order valence-corrected chi connectivity index (χ0v) is 12.8. The Bertz CT molecular complexity index is 379. The smallest absolute Gasteiger partial charge is 0.0834 e. The quantitative estimate of drug-likeness (QED) is 0.896. The first-order valence-electron chi connectivity index (χ1n) is 6.32. The molecule has 1 unspecified atom stereocenters. The van der Waals surface area contributed by atoms with E-state index in [0.29, 0.717) is 5.02 Å². The second kappa shape index (κ2) is 6.04. The molecule has 1 aromatic heterocycles. The second-order valence-corrected chi connectivity index (χ2v) is 6.68. The van der Waals surface area contributed by atoms with Crippen molar-refractivity contribution < 1.29 is 0 Å². The largest absolute Gasteiger partial charge is 0.323 e. The Labute approximate surface area is 115 Å². The van der Waals surface area contributed by atoms with Crippen LogP contribution in [0.3, 0.4) is 0 Å². The fourth-order valence-corrected chi connectivity index (χ4v) is 2.25. The highest BCUT2D eigenvalue weighted by Crippen LogP contribution is 2.31. The van der Waals surface area contributed by atoms with E-state index in [2.05, 4.69) is 30.8 Å². The van der Waals surface area contributed by atoms with Crippen molar-refractivity contribution in [2.45, 2.75) is 39.8 Å². The summed E-state index contributed by atoms with van der Waals surface area (Å²) in [5.74, 6) is 0. The fourth-order valence-electron chi connectivity index (χ4n) is 1.97. The van der Waals surface area contributed by atoms with Gasteiger partial charge in [-0.2, -0.15) is 5.10 Å². The van der Waals surface area contributed by atoms with Gasteiger partial charge in [0.1, 0.15) is 0 Å². The van der Waals surface area contributed by atoms with Crippen LogP contribution in [0.25, 0.3) is 0 Å². The van der Waals surface area contributed by atoms with Gasteiger partial charge in [-0.3, -0.25) is 4.68 Å². The molecule has 0 spiro atoms. The lowest BCUT2D eigenvalue weighted by atomic mass is 9.87. The SMILES string of the molecule is CN(C)CCn1ncc(Cl)c1C(N)CC(C)(C)C. The van der Waals surface area contributed by atoms with Crippen LogP contribution in [0.5, 0.6) is 0 Å². The van der Waals surface area contributed by atoms with E-state index in [9.17, 15) is 0 Å². The van der Waals surface area contributed by atoms with Crippen LogP contribution >= 0.6 is 11.6 Å². The molecule has 0 aliphatic heterocycles. The lowest BCUT2D eigenvalue weighted by molar-refractivity contribution is 0.325. The van der Waals surface area contributed by atoms with Gasteiger partial charge in [0.15, 0.2) is 0 Å². The number of halogens is 1. The molecule has 0 fully saturated rings. The van der Waals surface area contributed by atoms with Crippen molar-refractivity contribution in [3.05, 3.63) is 16.9 Å².